The van der Waals surface area contributed by atoms with Crippen molar-refractivity contribution in [3.63, 3.8) is 0 Å². The van der Waals surface area contributed by atoms with Gasteiger partial charge in [-0.3, -0.25) is 9.59 Å². The molecule has 0 aromatic heterocycles. The minimum atomic E-state index is -0.551. The Hall–Kier alpha value is -2.33. The van der Waals surface area contributed by atoms with Gasteiger partial charge in [-0.1, -0.05) is 60.5 Å². The molecule has 1 atom stereocenters. The summed E-state index contributed by atoms with van der Waals surface area (Å²) >= 11 is 5.94. The number of carbonyl (C=O) groups is 2. The number of aryl methyl sites for hydroxylation is 1. The Bertz CT molecular complexity index is 757. The summed E-state index contributed by atoms with van der Waals surface area (Å²) in [6, 6.07) is 14.8. The van der Waals surface area contributed by atoms with Gasteiger partial charge in [0.2, 0.25) is 11.8 Å². The molecule has 0 fully saturated rings. The van der Waals surface area contributed by atoms with Gasteiger partial charge in [-0.15, -0.1) is 0 Å². The van der Waals surface area contributed by atoms with Crippen LogP contribution in [0.3, 0.4) is 0 Å². The van der Waals surface area contributed by atoms with E-state index in [0.29, 0.717) is 24.5 Å². The molecule has 2 amide bonds. The van der Waals surface area contributed by atoms with Gasteiger partial charge in [-0.2, -0.15) is 0 Å². The SMILES string of the molecule is CCCC(=O)N(Cc1ccc(Cl)cc1)C(C)C(=O)NCc1ccc(C)cc1. The van der Waals surface area contributed by atoms with Gasteiger partial charge in [0.1, 0.15) is 6.04 Å². The van der Waals surface area contributed by atoms with E-state index in [-0.39, 0.29) is 11.8 Å². The molecular formula is C22H27ClN2O2. The minimum absolute atomic E-state index is 0.0227. The molecule has 1 N–H and O–H groups in total. The lowest BCUT2D eigenvalue weighted by Crippen LogP contribution is -2.47. The van der Waals surface area contributed by atoms with Gasteiger partial charge < -0.3 is 10.2 Å². The number of amides is 2. The average Bonchev–Trinajstić information content (AvgIpc) is 2.66. The maximum Gasteiger partial charge on any atom is 0.242 e. The monoisotopic (exact) mass is 386 g/mol. The average molecular weight is 387 g/mol. The summed E-state index contributed by atoms with van der Waals surface area (Å²) in [7, 11) is 0. The number of hydrogen-bond acceptors (Lipinski definition) is 2. The number of halogens is 1. The van der Waals surface area contributed by atoms with Gasteiger partial charge in [0.25, 0.3) is 0 Å². The summed E-state index contributed by atoms with van der Waals surface area (Å²) in [5.41, 5.74) is 3.16. The van der Waals surface area contributed by atoms with Crippen LogP contribution in [0, 0.1) is 6.92 Å². The largest absolute Gasteiger partial charge is 0.350 e. The van der Waals surface area contributed by atoms with E-state index >= 15 is 0 Å². The predicted octanol–water partition coefficient (Wildman–Crippen LogP) is 4.48. The first kappa shape index (κ1) is 21.0. The first-order valence-corrected chi connectivity index (χ1v) is 9.65. The van der Waals surface area contributed by atoms with Crippen LogP contribution in [0.2, 0.25) is 5.02 Å². The maximum atomic E-state index is 12.7. The van der Waals surface area contributed by atoms with Crippen LogP contribution in [0.5, 0.6) is 0 Å². The van der Waals surface area contributed by atoms with Crippen LogP contribution in [0.15, 0.2) is 48.5 Å². The van der Waals surface area contributed by atoms with Crippen molar-refractivity contribution in [1.82, 2.24) is 10.2 Å². The van der Waals surface area contributed by atoms with Crippen LogP contribution in [0.4, 0.5) is 0 Å². The number of nitrogens with one attached hydrogen (secondary N) is 1. The molecular weight excluding hydrogens is 360 g/mol. The molecule has 0 aliphatic rings. The van der Waals surface area contributed by atoms with Crippen molar-refractivity contribution in [1.29, 1.82) is 0 Å². The fraction of sp³-hybridized carbons (Fsp3) is 0.364. The van der Waals surface area contributed by atoms with E-state index in [2.05, 4.69) is 5.32 Å². The van der Waals surface area contributed by atoms with Crippen LogP contribution >= 0.6 is 11.6 Å². The van der Waals surface area contributed by atoms with E-state index in [4.69, 9.17) is 11.6 Å². The molecule has 0 saturated carbocycles. The summed E-state index contributed by atoms with van der Waals surface area (Å²) in [5.74, 6) is -0.181. The number of hydrogen-bond donors (Lipinski definition) is 1. The van der Waals surface area contributed by atoms with Crippen molar-refractivity contribution < 1.29 is 9.59 Å². The van der Waals surface area contributed by atoms with Crippen LogP contribution in [-0.2, 0) is 22.7 Å². The predicted molar refractivity (Wildman–Crippen MR) is 109 cm³/mol. The number of benzene rings is 2. The molecule has 0 bridgehead atoms. The van der Waals surface area contributed by atoms with E-state index in [1.54, 1.807) is 24.0 Å². The number of rotatable bonds is 8. The van der Waals surface area contributed by atoms with Crippen molar-refractivity contribution in [3.05, 3.63) is 70.2 Å². The molecule has 4 nitrogen and oxygen atoms in total. The van der Waals surface area contributed by atoms with Crippen molar-refractivity contribution in [2.75, 3.05) is 0 Å². The van der Waals surface area contributed by atoms with Crippen molar-refractivity contribution in [2.24, 2.45) is 0 Å². The second-order valence-electron chi connectivity index (χ2n) is 6.78. The molecule has 0 aliphatic carbocycles. The van der Waals surface area contributed by atoms with Gasteiger partial charge in [0, 0.05) is 24.5 Å². The Kier molecular flexibility index (Phi) is 7.86. The van der Waals surface area contributed by atoms with E-state index in [9.17, 15) is 9.59 Å². The normalized spacial score (nSPS) is 11.7. The highest BCUT2D eigenvalue weighted by Crippen LogP contribution is 2.15. The lowest BCUT2D eigenvalue weighted by atomic mass is 10.1. The molecule has 1 unspecified atom stereocenters. The molecule has 0 radical (unpaired) electrons. The van der Waals surface area contributed by atoms with Crippen molar-refractivity contribution >= 4 is 23.4 Å². The van der Waals surface area contributed by atoms with Gasteiger partial charge in [0.05, 0.1) is 0 Å². The van der Waals surface area contributed by atoms with Crippen molar-refractivity contribution in [2.45, 2.75) is 52.7 Å². The van der Waals surface area contributed by atoms with Crippen LogP contribution < -0.4 is 5.32 Å². The lowest BCUT2D eigenvalue weighted by Gasteiger charge is -2.29. The highest BCUT2D eigenvalue weighted by molar-refractivity contribution is 6.30. The Balaban J connectivity index is 2.05. The van der Waals surface area contributed by atoms with E-state index in [1.165, 1.54) is 5.56 Å². The lowest BCUT2D eigenvalue weighted by molar-refractivity contribution is -0.140. The zero-order valence-corrected chi connectivity index (χ0v) is 16.9. The number of carbonyl (C=O) groups excluding carboxylic acids is 2. The summed E-state index contributed by atoms with van der Waals surface area (Å²) < 4.78 is 0. The molecule has 0 aliphatic heterocycles. The molecule has 0 spiro atoms. The zero-order chi connectivity index (χ0) is 19.8. The molecule has 2 aromatic rings. The zero-order valence-electron chi connectivity index (χ0n) is 16.2. The summed E-state index contributed by atoms with van der Waals surface area (Å²) in [6.45, 7) is 6.59. The summed E-state index contributed by atoms with van der Waals surface area (Å²) in [4.78, 5) is 26.9. The van der Waals surface area contributed by atoms with Crippen LogP contribution in [0.25, 0.3) is 0 Å². The number of nitrogens with zero attached hydrogens (tertiary/aromatic N) is 1. The quantitative estimate of drug-likeness (QED) is 0.727. The summed E-state index contributed by atoms with van der Waals surface area (Å²) in [6.07, 6.45) is 1.16. The third-order valence-corrected chi connectivity index (χ3v) is 4.74. The molecule has 2 aromatic carbocycles. The third-order valence-electron chi connectivity index (χ3n) is 4.48. The van der Waals surface area contributed by atoms with E-state index < -0.39 is 6.04 Å². The highest BCUT2D eigenvalue weighted by atomic mass is 35.5. The highest BCUT2D eigenvalue weighted by Gasteiger charge is 2.25. The van der Waals surface area contributed by atoms with Gasteiger partial charge in [0.15, 0.2) is 0 Å². The van der Waals surface area contributed by atoms with Gasteiger partial charge in [-0.05, 0) is 43.5 Å². The maximum absolute atomic E-state index is 12.7. The molecule has 144 valence electrons. The molecule has 0 saturated heterocycles. The first-order chi connectivity index (χ1) is 12.9. The second kappa shape index (κ2) is 10.1. The Labute approximate surface area is 166 Å². The van der Waals surface area contributed by atoms with E-state index in [0.717, 1.165) is 17.5 Å². The minimum Gasteiger partial charge on any atom is -0.350 e. The summed E-state index contributed by atoms with van der Waals surface area (Å²) in [5, 5.41) is 3.58. The molecule has 5 heteroatoms. The molecule has 2 rings (SSSR count). The van der Waals surface area contributed by atoms with Gasteiger partial charge in [-0.25, -0.2) is 0 Å². The van der Waals surface area contributed by atoms with E-state index in [1.807, 2.05) is 50.2 Å². The Morgan fingerprint density at radius 2 is 1.63 bits per heavy atom. The third kappa shape index (κ3) is 6.40. The van der Waals surface area contributed by atoms with Crippen molar-refractivity contribution in [3.8, 4) is 0 Å². The van der Waals surface area contributed by atoms with Gasteiger partial charge >= 0.3 is 0 Å². The second-order valence-corrected chi connectivity index (χ2v) is 7.21. The standard InChI is InChI=1S/C22H27ClN2O2/c1-4-5-21(26)25(15-19-10-12-20(23)13-11-19)17(3)22(27)24-14-18-8-6-16(2)7-9-18/h6-13,17H,4-5,14-15H2,1-3H3,(H,24,27). The van der Waals surface area contributed by atoms with Crippen LogP contribution in [-0.4, -0.2) is 22.8 Å². The topological polar surface area (TPSA) is 49.4 Å². The first-order valence-electron chi connectivity index (χ1n) is 9.28. The molecule has 0 heterocycles. The fourth-order valence-electron chi connectivity index (χ4n) is 2.77. The fourth-order valence-corrected chi connectivity index (χ4v) is 2.90. The Morgan fingerprint density at radius 3 is 2.22 bits per heavy atom. The smallest absolute Gasteiger partial charge is 0.242 e. The Morgan fingerprint density at radius 1 is 1.04 bits per heavy atom. The molecule has 27 heavy (non-hydrogen) atoms. The van der Waals surface area contributed by atoms with Crippen LogP contribution in [0.1, 0.15) is 43.4 Å².